The molecule has 0 saturated carbocycles. The first kappa shape index (κ1) is 28.8. The second-order valence-electron chi connectivity index (χ2n) is 10.5. The maximum absolute atomic E-state index is 13.7. The standard InChI is InChI=1S/C28H41N3O5S/c1-20-9-11-23(37-20)18-30(14-13-21-10-12-24(34-5)25(16-21)35-6)26(32)19-31(17-22-8-7-15-36-22)27(33)29-28(2,3)4/h9-12,16,22H,7-8,13-15,17-19H2,1-6H3,(H,29,33). The summed E-state index contributed by atoms with van der Waals surface area (Å²) in [6.45, 7) is 9.97. The van der Waals surface area contributed by atoms with E-state index in [1.165, 1.54) is 4.88 Å². The number of thiophene rings is 1. The molecule has 9 heteroatoms. The van der Waals surface area contributed by atoms with Gasteiger partial charge in [0.05, 0.1) is 26.9 Å². The Morgan fingerprint density at radius 2 is 1.86 bits per heavy atom. The molecule has 2 heterocycles. The highest BCUT2D eigenvalue weighted by molar-refractivity contribution is 7.11. The summed E-state index contributed by atoms with van der Waals surface area (Å²) >= 11 is 1.68. The average Bonchev–Trinajstić information content (AvgIpc) is 3.51. The minimum absolute atomic E-state index is 0.00192. The number of ether oxygens (including phenoxy) is 3. The van der Waals surface area contributed by atoms with E-state index in [9.17, 15) is 9.59 Å². The SMILES string of the molecule is COc1ccc(CCN(Cc2ccc(C)s2)C(=O)CN(CC2CCCO2)C(=O)NC(C)(C)C)cc1OC. The summed E-state index contributed by atoms with van der Waals surface area (Å²) in [6.07, 6.45) is 2.47. The van der Waals surface area contributed by atoms with Crippen LogP contribution in [0.2, 0.25) is 0 Å². The molecule has 1 aromatic heterocycles. The first-order valence-corrected chi connectivity index (χ1v) is 13.6. The fourth-order valence-corrected chi connectivity index (χ4v) is 5.17. The average molecular weight is 532 g/mol. The van der Waals surface area contributed by atoms with Gasteiger partial charge in [0.1, 0.15) is 6.54 Å². The molecule has 1 unspecified atom stereocenters. The Labute approximate surface area is 224 Å². The predicted octanol–water partition coefficient (Wildman–Crippen LogP) is 4.63. The van der Waals surface area contributed by atoms with Crippen LogP contribution >= 0.6 is 11.3 Å². The molecule has 1 saturated heterocycles. The first-order chi connectivity index (χ1) is 17.6. The second-order valence-corrected chi connectivity index (χ2v) is 11.8. The van der Waals surface area contributed by atoms with Crippen LogP contribution in [0.5, 0.6) is 11.5 Å². The normalized spacial score (nSPS) is 15.4. The number of nitrogens with zero attached hydrogens (tertiary/aromatic N) is 2. The Morgan fingerprint density at radius 1 is 1.11 bits per heavy atom. The van der Waals surface area contributed by atoms with Crippen molar-refractivity contribution in [3.8, 4) is 11.5 Å². The summed E-state index contributed by atoms with van der Waals surface area (Å²) in [7, 11) is 3.22. The van der Waals surface area contributed by atoms with Gasteiger partial charge in [0.2, 0.25) is 5.91 Å². The summed E-state index contributed by atoms with van der Waals surface area (Å²) in [5, 5.41) is 3.01. The van der Waals surface area contributed by atoms with Gasteiger partial charge in [-0.25, -0.2) is 4.79 Å². The summed E-state index contributed by atoms with van der Waals surface area (Å²) in [5.41, 5.74) is 0.635. The van der Waals surface area contributed by atoms with Gasteiger partial charge in [-0.2, -0.15) is 0 Å². The van der Waals surface area contributed by atoms with Gasteiger partial charge in [0.15, 0.2) is 11.5 Å². The van der Waals surface area contributed by atoms with Crippen molar-refractivity contribution in [3.05, 3.63) is 45.6 Å². The highest BCUT2D eigenvalue weighted by Gasteiger charge is 2.28. The Balaban J connectivity index is 1.76. The molecule has 0 bridgehead atoms. The smallest absolute Gasteiger partial charge is 0.318 e. The van der Waals surface area contributed by atoms with E-state index in [4.69, 9.17) is 14.2 Å². The van der Waals surface area contributed by atoms with Crippen LogP contribution in [0.15, 0.2) is 30.3 Å². The van der Waals surface area contributed by atoms with Gasteiger partial charge in [0.25, 0.3) is 0 Å². The van der Waals surface area contributed by atoms with Crippen molar-refractivity contribution in [3.63, 3.8) is 0 Å². The molecule has 0 radical (unpaired) electrons. The molecule has 1 atom stereocenters. The van der Waals surface area contributed by atoms with Crippen LogP contribution in [0.25, 0.3) is 0 Å². The maximum Gasteiger partial charge on any atom is 0.318 e. The predicted molar refractivity (Wildman–Crippen MR) is 147 cm³/mol. The number of amides is 3. The zero-order chi connectivity index (χ0) is 27.0. The molecule has 2 aromatic rings. The zero-order valence-electron chi connectivity index (χ0n) is 23.0. The summed E-state index contributed by atoms with van der Waals surface area (Å²) < 4.78 is 16.6. The van der Waals surface area contributed by atoms with Crippen molar-refractivity contribution in [2.24, 2.45) is 0 Å². The Bertz CT molecular complexity index is 1040. The molecule has 1 N–H and O–H groups in total. The van der Waals surface area contributed by atoms with E-state index in [0.717, 1.165) is 23.3 Å². The van der Waals surface area contributed by atoms with E-state index in [0.29, 0.717) is 44.2 Å². The van der Waals surface area contributed by atoms with Crippen molar-refractivity contribution >= 4 is 23.3 Å². The number of urea groups is 1. The molecule has 3 amide bonds. The van der Waals surface area contributed by atoms with Crippen molar-refractivity contribution < 1.29 is 23.8 Å². The summed E-state index contributed by atoms with van der Waals surface area (Å²) in [4.78, 5) is 32.6. The molecule has 0 spiro atoms. The van der Waals surface area contributed by atoms with Gasteiger partial charge in [-0.15, -0.1) is 11.3 Å². The fourth-order valence-electron chi connectivity index (χ4n) is 4.27. The number of nitrogens with one attached hydrogen (secondary N) is 1. The quantitative estimate of drug-likeness (QED) is 0.457. The molecule has 3 rings (SSSR count). The third-order valence-electron chi connectivity index (χ3n) is 6.16. The zero-order valence-corrected chi connectivity index (χ0v) is 23.8. The van der Waals surface area contributed by atoms with Crippen molar-refractivity contribution in [1.29, 1.82) is 0 Å². The lowest BCUT2D eigenvalue weighted by Gasteiger charge is -2.31. The maximum atomic E-state index is 13.7. The molecule has 0 aliphatic carbocycles. The van der Waals surface area contributed by atoms with Gasteiger partial charge >= 0.3 is 6.03 Å². The molecule has 37 heavy (non-hydrogen) atoms. The third-order valence-corrected chi connectivity index (χ3v) is 7.14. The minimum Gasteiger partial charge on any atom is -0.493 e. The minimum atomic E-state index is -0.406. The van der Waals surface area contributed by atoms with Crippen molar-refractivity contribution in [1.82, 2.24) is 15.1 Å². The number of aryl methyl sites for hydroxylation is 1. The number of carbonyl (C=O) groups excluding carboxylic acids is 2. The van der Waals surface area contributed by atoms with E-state index >= 15 is 0 Å². The van der Waals surface area contributed by atoms with Crippen molar-refractivity contribution in [2.75, 3.05) is 40.5 Å². The first-order valence-electron chi connectivity index (χ1n) is 12.8. The van der Waals surface area contributed by atoms with Crippen LogP contribution in [0.1, 0.15) is 48.9 Å². The number of hydrogen-bond acceptors (Lipinski definition) is 6. The molecule has 204 valence electrons. The molecular formula is C28H41N3O5S. The number of carbonyl (C=O) groups is 2. The van der Waals surface area contributed by atoms with Crippen LogP contribution in [0, 0.1) is 6.92 Å². The van der Waals surface area contributed by atoms with Crippen LogP contribution < -0.4 is 14.8 Å². The lowest BCUT2D eigenvalue weighted by atomic mass is 10.1. The van der Waals surface area contributed by atoms with Gasteiger partial charge < -0.3 is 29.3 Å². The van der Waals surface area contributed by atoms with Crippen LogP contribution in [-0.2, 0) is 22.5 Å². The lowest BCUT2D eigenvalue weighted by Crippen LogP contribution is -2.53. The monoisotopic (exact) mass is 531 g/mol. The van der Waals surface area contributed by atoms with E-state index in [-0.39, 0.29) is 24.6 Å². The molecule has 8 nitrogen and oxygen atoms in total. The van der Waals surface area contributed by atoms with Crippen LogP contribution in [0.3, 0.4) is 0 Å². The molecule has 1 aliphatic heterocycles. The van der Waals surface area contributed by atoms with E-state index in [2.05, 4.69) is 24.4 Å². The Hall–Kier alpha value is -2.78. The van der Waals surface area contributed by atoms with E-state index < -0.39 is 5.54 Å². The topological polar surface area (TPSA) is 80.3 Å². The number of rotatable bonds is 11. The summed E-state index contributed by atoms with van der Waals surface area (Å²) in [6, 6.07) is 9.69. The van der Waals surface area contributed by atoms with Crippen molar-refractivity contribution in [2.45, 2.75) is 65.1 Å². The highest BCUT2D eigenvalue weighted by Crippen LogP contribution is 2.28. The van der Waals surface area contributed by atoms with Gasteiger partial charge in [-0.05, 0) is 76.8 Å². The second kappa shape index (κ2) is 13.1. The van der Waals surface area contributed by atoms with Gasteiger partial charge in [-0.1, -0.05) is 6.07 Å². The van der Waals surface area contributed by atoms with E-state index in [1.807, 2.05) is 43.9 Å². The number of benzene rings is 1. The van der Waals surface area contributed by atoms with Gasteiger partial charge in [0, 0.05) is 35.0 Å². The van der Waals surface area contributed by atoms with E-state index in [1.54, 1.807) is 30.5 Å². The third kappa shape index (κ3) is 8.93. The molecule has 1 aliphatic rings. The van der Waals surface area contributed by atoms with Crippen LogP contribution in [0.4, 0.5) is 4.79 Å². The van der Waals surface area contributed by atoms with Gasteiger partial charge in [-0.3, -0.25) is 4.79 Å². The molecular weight excluding hydrogens is 490 g/mol. The summed E-state index contributed by atoms with van der Waals surface area (Å²) in [5.74, 6) is 1.24. The number of methoxy groups -OCH3 is 2. The molecule has 1 fully saturated rings. The number of hydrogen-bond donors (Lipinski definition) is 1. The largest absolute Gasteiger partial charge is 0.493 e. The molecule has 1 aromatic carbocycles. The lowest BCUT2D eigenvalue weighted by molar-refractivity contribution is -0.132. The van der Waals surface area contributed by atoms with Crippen LogP contribution in [-0.4, -0.2) is 73.8 Å². The Kier molecular flexibility index (Phi) is 10.2. The highest BCUT2D eigenvalue weighted by atomic mass is 32.1. The Morgan fingerprint density at radius 3 is 2.46 bits per heavy atom. The fraction of sp³-hybridized carbons (Fsp3) is 0.571.